The Morgan fingerprint density at radius 3 is 2.54 bits per heavy atom. The molecule has 5 rings (SSSR count). The lowest BCUT2D eigenvalue weighted by Gasteiger charge is -2.26. The molecule has 37 heavy (non-hydrogen) atoms. The molecule has 1 aliphatic carbocycles. The number of hydrogen-bond donors (Lipinski definition) is 4. The summed E-state index contributed by atoms with van der Waals surface area (Å²) in [5.74, 6) is 0.918. The lowest BCUT2D eigenvalue weighted by molar-refractivity contribution is 0.0917. The number of nitrogens with one attached hydrogen (secondary N) is 4. The molecular formula is C26H29N7O3S. The fraction of sp³-hybridized carbons (Fsp3) is 0.269. The zero-order chi connectivity index (χ0) is 26.0. The lowest BCUT2D eigenvalue weighted by atomic mass is 9.93. The third-order valence-corrected chi connectivity index (χ3v) is 7.73. The van der Waals surface area contributed by atoms with Crippen molar-refractivity contribution in [2.75, 3.05) is 28.2 Å². The van der Waals surface area contributed by atoms with Crippen molar-refractivity contribution in [3.63, 3.8) is 0 Å². The minimum Gasteiger partial charge on any atom is -0.365 e. The highest BCUT2D eigenvalue weighted by atomic mass is 32.2. The molecule has 0 radical (unpaired) electrons. The maximum atomic E-state index is 12.4. The molecule has 2 aromatic carbocycles. The topological polar surface area (TPSA) is 132 Å². The van der Waals surface area contributed by atoms with Gasteiger partial charge >= 0.3 is 0 Å². The molecule has 0 atom stereocenters. The van der Waals surface area contributed by atoms with Gasteiger partial charge in [0.15, 0.2) is 0 Å². The van der Waals surface area contributed by atoms with Crippen molar-refractivity contribution < 1.29 is 13.2 Å². The van der Waals surface area contributed by atoms with Crippen molar-refractivity contribution >= 4 is 50.1 Å². The summed E-state index contributed by atoms with van der Waals surface area (Å²) in [6.45, 7) is 0.359. The number of nitrogens with zero attached hydrogens (tertiary/aromatic N) is 3. The van der Waals surface area contributed by atoms with Gasteiger partial charge in [-0.1, -0.05) is 18.2 Å². The summed E-state index contributed by atoms with van der Waals surface area (Å²) in [6, 6.07) is 16.7. The Morgan fingerprint density at radius 2 is 1.84 bits per heavy atom. The van der Waals surface area contributed by atoms with E-state index in [-0.39, 0.29) is 11.9 Å². The van der Waals surface area contributed by atoms with Crippen molar-refractivity contribution in [1.82, 2.24) is 20.3 Å². The van der Waals surface area contributed by atoms with Gasteiger partial charge in [0.25, 0.3) is 5.91 Å². The Bertz CT molecular complexity index is 1530. The van der Waals surface area contributed by atoms with Crippen molar-refractivity contribution in [3.8, 4) is 0 Å². The van der Waals surface area contributed by atoms with Gasteiger partial charge in [-0.25, -0.2) is 8.42 Å². The first-order valence-electron chi connectivity index (χ1n) is 12.1. The second kappa shape index (κ2) is 10.1. The largest absolute Gasteiger partial charge is 0.365 e. The summed E-state index contributed by atoms with van der Waals surface area (Å²) in [5.41, 5.74) is 3.41. The molecule has 0 spiro atoms. The fourth-order valence-corrected chi connectivity index (χ4v) is 4.65. The average Bonchev–Trinajstić information content (AvgIpc) is 3.33. The number of anilines is 4. The molecule has 2 aromatic heterocycles. The number of carbonyl (C=O) groups is 1. The van der Waals surface area contributed by atoms with Crippen molar-refractivity contribution in [1.29, 1.82) is 0 Å². The van der Waals surface area contributed by atoms with Gasteiger partial charge in [0.05, 0.1) is 17.3 Å². The van der Waals surface area contributed by atoms with E-state index in [0.717, 1.165) is 29.5 Å². The normalized spacial score (nSPS) is 13.7. The number of rotatable bonds is 9. The van der Waals surface area contributed by atoms with Gasteiger partial charge in [0, 0.05) is 37.1 Å². The summed E-state index contributed by atoms with van der Waals surface area (Å²) in [5, 5.41) is 10.4. The van der Waals surface area contributed by atoms with E-state index in [1.54, 1.807) is 30.5 Å². The maximum absolute atomic E-state index is 12.4. The summed E-state index contributed by atoms with van der Waals surface area (Å²) in [7, 11) is -1.87. The Labute approximate surface area is 215 Å². The molecular weight excluding hydrogens is 490 g/mol. The molecule has 4 aromatic rings. The van der Waals surface area contributed by atoms with Gasteiger partial charge in [-0.05, 0) is 61.2 Å². The van der Waals surface area contributed by atoms with E-state index in [0.29, 0.717) is 35.2 Å². The van der Waals surface area contributed by atoms with Gasteiger partial charge < -0.3 is 20.9 Å². The standard InChI is InChI=1S/C26H29N7O3S/c1-33(37(2,35)36)22-9-4-3-6-18(22)16-28-24-21-14-15-27-23(21)31-26(32-24)30-20-12-10-17(11-13-20)25(34)29-19-7-5-8-19/h3-4,6,9-15,19H,5,7-8,16H2,1-2H3,(H,29,34)(H3,27,28,30,31,32). The van der Waals surface area contributed by atoms with E-state index in [1.165, 1.54) is 24.0 Å². The molecule has 4 N–H and O–H groups in total. The van der Waals surface area contributed by atoms with Crippen LogP contribution in [-0.4, -0.2) is 48.6 Å². The van der Waals surface area contributed by atoms with Crippen LogP contribution in [0.25, 0.3) is 11.0 Å². The number of amides is 1. The van der Waals surface area contributed by atoms with E-state index in [1.807, 2.05) is 30.3 Å². The predicted octanol–water partition coefficient (Wildman–Crippen LogP) is 3.99. The highest BCUT2D eigenvalue weighted by Gasteiger charge is 2.20. The van der Waals surface area contributed by atoms with Gasteiger partial charge in [0.1, 0.15) is 11.5 Å². The molecule has 0 unspecified atom stereocenters. The fourth-order valence-electron chi connectivity index (χ4n) is 4.11. The van der Waals surface area contributed by atoms with Crippen LogP contribution in [0.15, 0.2) is 60.8 Å². The molecule has 1 amide bonds. The SMILES string of the molecule is CN(c1ccccc1CNc1nc(Nc2ccc(C(=O)NC3CCC3)cc2)nc2[nH]ccc12)S(C)(=O)=O. The maximum Gasteiger partial charge on any atom is 0.251 e. The van der Waals surface area contributed by atoms with Crippen molar-refractivity contribution in [3.05, 3.63) is 71.9 Å². The first-order chi connectivity index (χ1) is 17.8. The van der Waals surface area contributed by atoms with Gasteiger partial charge in [-0.3, -0.25) is 9.10 Å². The first kappa shape index (κ1) is 24.6. The Kier molecular flexibility index (Phi) is 6.70. The van der Waals surface area contributed by atoms with Crippen LogP contribution in [0, 0.1) is 0 Å². The number of para-hydroxylation sites is 1. The minimum absolute atomic E-state index is 0.0615. The molecule has 1 aliphatic rings. The number of benzene rings is 2. The Hall–Kier alpha value is -4.12. The number of fused-ring (bicyclic) bond motifs is 1. The van der Waals surface area contributed by atoms with Gasteiger partial charge in [0.2, 0.25) is 16.0 Å². The number of hydrogen-bond acceptors (Lipinski definition) is 7. The van der Waals surface area contributed by atoms with Crippen LogP contribution in [0.5, 0.6) is 0 Å². The van der Waals surface area contributed by atoms with E-state index < -0.39 is 10.0 Å². The zero-order valence-corrected chi connectivity index (χ0v) is 21.5. The molecule has 0 aliphatic heterocycles. The molecule has 192 valence electrons. The number of H-pyrrole nitrogens is 1. The molecule has 2 heterocycles. The van der Waals surface area contributed by atoms with Crippen LogP contribution < -0.4 is 20.3 Å². The molecule has 0 saturated heterocycles. The highest BCUT2D eigenvalue weighted by molar-refractivity contribution is 7.92. The van der Waals surface area contributed by atoms with Crippen LogP contribution in [0.4, 0.5) is 23.1 Å². The number of aromatic amines is 1. The number of carbonyl (C=O) groups excluding carboxylic acids is 1. The third kappa shape index (κ3) is 5.51. The minimum atomic E-state index is -3.40. The lowest BCUT2D eigenvalue weighted by Crippen LogP contribution is -2.39. The van der Waals surface area contributed by atoms with Crippen LogP contribution in [0.2, 0.25) is 0 Å². The average molecular weight is 520 g/mol. The quantitative estimate of drug-likeness (QED) is 0.263. The summed E-state index contributed by atoms with van der Waals surface area (Å²) >= 11 is 0. The predicted molar refractivity (Wildman–Crippen MR) is 146 cm³/mol. The van der Waals surface area contributed by atoms with E-state index >= 15 is 0 Å². The van der Waals surface area contributed by atoms with E-state index in [2.05, 4.69) is 30.9 Å². The first-order valence-corrected chi connectivity index (χ1v) is 13.9. The van der Waals surface area contributed by atoms with Crippen LogP contribution in [0.1, 0.15) is 35.2 Å². The second-order valence-electron chi connectivity index (χ2n) is 9.15. The zero-order valence-electron chi connectivity index (χ0n) is 20.7. The molecule has 1 fully saturated rings. The Morgan fingerprint density at radius 1 is 1.08 bits per heavy atom. The molecule has 11 heteroatoms. The second-order valence-corrected chi connectivity index (χ2v) is 11.2. The highest BCUT2D eigenvalue weighted by Crippen LogP contribution is 2.26. The van der Waals surface area contributed by atoms with Crippen LogP contribution >= 0.6 is 0 Å². The molecule has 0 bridgehead atoms. The molecule has 10 nitrogen and oxygen atoms in total. The summed E-state index contributed by atoms with van der Waals surface area (Å²) in [6.07, 6.45) is 6.21. The monoisotopic (exact) mass is 519 g/mol. The molecule has 1 saturated carbocycles. The smallest absolute Gasteiger partial charge is 0.251 e. The number of aromatic nitrogens is 3. The third-order valence-electron chi connectivity index (χ3n) is 6.53. The van der Waals surface area contributed by atoms with Crippen LogP contribution in [0.3, 0.4) is 0 Å². The summed E-state index contributed by atoms with van der Waals surface area (Å²) in [4.78, 5) is 24.7. The Balaban J connectivity index is 1.33. The van der Waals surface area contributed by atoms with Gasteiger partial charge in [-0.15, -0.1) is 0 Å². The summed E-state index contributed by atoms with van der Waals surface area (Å²) < 4.78 is 25.4. The van der Waals surface area contributed by atoms with E-state index in [9.17, 15) is 13.2 Å². The van der Waals surface area contributed by atoms with Crippen molar-refractivity contribution in [2.45, 2.75) is 31.8 Å². The van der Waals surface area contributed by atoms with Gasteiger partial charge in [-0.2, -0.15) is 9.97 Å². The van der Waals surface area contributed by atoms with Crippen molar-refractivity contribution in [2.24, 2.45) is 0 Å². The van der Waals surface area contributed by atoms with Crippen LogP contribution in [-0.2, 0) is 16.6 Å². The van der Waals surface area contributed by atoms with E-state index in [4.69, 9.17) is 0 Å². The number of sulfonamides is 1.